The van der Waals surface area contributed by atoms with Crippen molar-refractivity contribution in [2.45, 2.75) is 23.2 Å². The van der Waals surface area contributed by atoms with Crippen molar-refractivity contribution < 1.29 is 22.7 Å². The summed E-state index contributed by atoms with van der Waals surface area (Å²) in [5.74, 6) is -0.887. The first-order valence-corrected chi connectivity index (χ1v) is 10.2. The van der Waals surface area contributed by atoms with E-state index in [2.05, 4.69) is 5.32 Å². The van der Waals surface area contributed by atoms with E-state index in [1.54, 1.807) is 0 Å². The molecule has 3 rings (SSSR count). The maximum atomic E-state index is 12.4. The van der Waals surface area contributed by atoms with Gasteiger partial charge in [0.1, 0.15) is 0 Å². The normalized spacial score (nSPS) is 15.1. The molecule has 0 heterocycles. The van der Waals surface area contributed by atoms with Crippen molar-refractivity contribution >= 4 is 27.6 Å². The molecule has 0 radical (unpaired) electrons. The lowest BCUT2D eigenvalue weighted by molar-refractivity contribution is -0.150. The van der Waals surface area contributed by atoms with Crippen LogP contribution in [-0.4, -0.2) is 45.3 Å². The Morgan fingerprint density at radius 3 is 2.18 bits per heavy atom. The lowest BCUT2D eigenvalue weighted by Crippen LogP contribution is -2.28. The number of hydrogen-bond donors (Lipinski definition) is 1. The van der Waals surface area contributed by atoms with E-state index in [1.165, 1.54) is 38.4 Å². The summed E-state index contributed by atoms with van der Waals surface area (Å²) in [4.78, 5) is 24.6. The molecule has 7 nitrogen and oxygen atoms in total. The van der Waals surface area contributed by atoms with E-state index < -0.39 is 33.9 Å². The number of nitrogens with zero attached hydrogens (tertiary/aromatic N) is 1. The third kappa shape index (κ3) is 4.07. The fourth-order valence-corrected chi connectivity index (χ4v) is 3.78. The number of amides is 1. The van der Waals surface area contributed by atoms with E-state index in [0.717, 1.165) is 9.87 Å². The minimum atomic E-state index is -3.53. The van der Waals surface area contributed by atoms with Gasteiger partial charge in [0.05, 0.1) is 10.3 Å². The maximum absolute atomic E-state index is 12.4. The van der Waals surface area contributed by atoms with E-state index >= 15 is 0 Å². The summed E-state index contributed by atoms with van der Waals surface area (Å²) < 4.78 is 30.4. The molecule has 0 atom stereocenters. The molecule has 1 aliphatic rings. The molecule has 0 spiro atoms. The molecule has 8 heteroatoms. The number of ether oxygens (including phenoxy) is 1. The minimum Gasteiger partial charge on any atom is -0.455 e. The Morgan fingerprint density at radius 2 is 1.64 bits per heavy atom. The summed E-state index contributed by atoms with van der Waals surface area (Å²) in [5.41, 5.74) is 0.685. The lowest BCUT2D eigenvalue weighted by atomic mass is 9.96. The number of rotatable bonds is 7. The molecule has 148 valence electrons. The molecule has 1 saturated carbocycles. The second-order valence-corrected chi connectivity index (χ2v) is 9.04. The Bertz CT molecular complexity index is 965. The van der Waals surface area contributed by atoms with Crippen LogP contribution in [0.1, 0.15) is 18.4 Å². The van der Waals surface area contributed by atoms with Gasteiger partial charge < -0.3 is 10.1 Å². The number of esters is 1. The number of nitrogens with one attached hydrogen (secondary N) is 1. The second kappa shape index (κ2) is 7.73. The van der Waals surface area contributed by atoms with Gasteiger partial charge in [0, 0.05) is 19.8 Å². The van der Waals surface area contributed by atoms with Crippen molar-refractivity contribution in [3.8, 4) is 0 Å². The molecule has 28 heavy (non-hydrogen) atoms. The van der Waals surface area contributed by atoms with Gasteiger partial charge >= 0.3 is 5.97 Å². The molecule has 2 aromatic rings. The highest BCUT2D eigenvalue weighted by Gasteiger charge is 2.52. The van der Waals surface area contributed by atoms with Crippen LogP contribution in [0.3, 0.4) is 0 Å². The zero-order chi connectivity index (χ0) is 20.4. The van der Waals surface area contributed by atoms with Gasteiger partial charge in [-0.05, 0) is 42.7 Å². The third-order valence-corrected chi connectivity index (χ3v) is 6.55. The summed E-state index contributed by atoms with van der Waals surface area (Å²) in [6.07, 6.45) is 1.42. The minimum absolute atomic E-state index is 0.125. The van der Waals surface area contributed by atoms with Gasteiger partial charge in [0.15, 0.2) is 6.61 Å². The molecule has 1 fully saturated rings. The van der Waals surface area contributed by atoms with Gasteiger partial charge in [0.25, 0.3) is 5.91 Å². The van der Waals surface area contributed by atoms with Gasteiger partial charge in [0.2, 0.25) is 10.0 Å². The van der Waals surface area contributed by atoms with Crippen molar-refractivity contribution in [1.29, 1.82) is 0 Å². The molecular formula is C20H22N2O5S. The molecule has 1 N–H and O–H groups in total. The Labute approximate surface area is 164 Å². The monoisotopic (exact) mass is 402 g/mol. The van der Waals surface area contributed by atoms with Crippen LogP contribution in [0.15, 0.2) is 59.5 Å². The number of hydrogen-bond acceptors (Lipinski definition) is 5. The van der Waals surface area contributed by atoms with Gasteiger partial charge in [-0.25, -0.2) is 12.7 Å². The number of carbonyl (C=O) groups excluding carboxylic acids is 2. The average molecular weight is 402 g/mol. The van der Waals surface area contributed by atoms with Gasteiger partial charge in [-0.15, -0.1) is 0 Å². The van der Waals surface area contributed by atoms with Crippen molar-refractivity contribution in [2.24, 2.45) is 0 Å². The van der Waals surface area contributed by atoms with Crippen LogP contribution in [-0.2, 0) is 29.8 Å². The van der Waals surface area contributed by atoms with Crippen molar-refractivity contribution in [2.75, 3.05) is 26.0 Å². The Hall–Kier alpha value is -2.71. The van der Waals surface area contributed by atoms with Crippen LogP contribution in [0.5, 0.6) is 0 Å². The first-order chi connectivity index (χ1) is 13.3. The summed E-state index contributed by atoms with van der Waals surface area (Å²) >= 11 is 0. The number of anilines is 1. The molecule has 0 aromatic heterocycles. The third-order valence-electron chi connectivity index (χ3n) is 4.72. The molecule has 0 unspecified atom stereocenters. The Balaban J connectivity index is 1.56. The highest BCUT2D eigenvalue weighted by molar-refractivity contribution is 7.89. The number of benzene rings is 2. The van der Waals surface area contributed by atoms with Crippen LogP contribution in [0.2, 0.25) is 0 Å². The molecular weight excluding hydrogens is 380 g/mol. The first-order valence-electron chi connectivity index (χ1n) is 8.81. The summed E-state index contributed by atoms with van der Waals surface area (Å²) in [7, 11) is -0.636. The van der Waals surface area contributed by atoms with Crippen LogP contribution in [0, 0.1) is 0 Å². The van der Waals surface area contributed by atoms with Crippen LogP contribution >= 0.6 is 0 Å². The molecule has 1 aliphatic carbocycles. The quantitative estimate of drug-likeness (QED) is 0.717. The zero-order valence-corrected chi connectivity index (χ0v) is 16.5. The second-order valence-electron chi connectivity index (χ2n) is 6.88. The summed E-state index contributed by atoms with van der Waals surface area (Å²) in [6.45, 7) is -0.398. The SMILES string of the molecule is CN(C)S(=O)(=O)c1ccc(NC(=O)COC(=O)C2(c3ccccc3)CC2)cc1. The summed E-state index contributed by atoms with van der Waals surface area (Å²) in [5, 5.41) is 2.59. The fraction of sp³-hybridized carbons (Fsp3) is 0.300. The van der Waals surface area contributed by atoms with Crippen LogP contribution in [0.4, 0.5) is 5.69 Å². The predicted octanol–water partition coefficient (Wildman–Crippen LogP) is 2.15. The van der Waals surface area contributed by atoms with Crippen LogP contribution < -0.4 is 5.32 Å². The molecule has 0 aliphatic heterocycles. The van der Waals surface area contributed by atoms with Crippen molar-refractivity contribution in [1.82, 2.24) is 4.31 Å². The first kappa shape index (κ1) is 20.0. The molecule has 1 amide bonds. The summed E-state index contributed by atoms with van der Waals surface area (Å²) in [6, 6.07) is 15.2. The number of carbonyl (C=O) groups is 2. The molecule has 0 saturated heterocycles. The number of sulfonamides is 1. The molecule has 0 bridgehead atoms. The van der Waals surface area contributed by atoms with Gasteiger partial charge in [-0.3, -0.25) is 9.59 Å². The van der Waals surface area contributed by atoms with Gasteiger partial charge in [-0.2, -0.15) is 0 Å². The van der Waals surface area contributed by atoms with E-state index in [0.29, 0.717) is 18.5 Å². The highest BCUT2D eigenvalue weighted by Crippen LogP contribution is 2.49. The van der Waals surface area contributed by atoms with E-state index in [-0.39, 0.29) is 4.90 Å². The molecule has 2 aromatic carbocycles. The standard InChI is InChI=1S/C20H22N2O5S/c1-22(2)28(25,26)17-10-8-16(9-11-17)21-18(23)14-27-19(24)20(12-13-20)15-6-4-3-5-7-15/h3-11H,12-14H2,1-2H3,(H,21,23). The van der Waals surface area contributed by atoms with Gasteiger partial charge in [-0.1, -0.05) is 30.3 Å². The van der Waals surface area contributed by atoms with E-state index in [1.807, 2.05) is 30.3 Å². The highest BCUT2D eigenvalue weighted by atomic mass is 32.2. The zero-order valence-electron chi connectivity index (χ0n) is 15.7. The largest absolute Gasteiger partial charge is 0.455 e. The predicted molar refractivity (Wildman–Crippen MR) is 104 cm³/mol. The van der Waals surface area contributed by atoms with Crippen molar-refractivity contribution in [3.63, 3.8) is 0 Å². The topological polar surface area (TPSA) is 92.8 Å². The lowest BCUT2D eigenvalue weighted by Gasteiger charge is -2.15. The Morgan fingerprint density at radius 1 is 1.04 bits per heavy atom. The van der Waals surface area contributed by atoms with Crippen LogP contribution in [0.25, 0.3) is 0 Å². The fourth-order valence-electron chi connectivity index (χ4n) is 2.88. The van der Waals surface area contributed by atoms with E-state index in [9.17, 15) is 18.0 Å². The maximum Gasteiger partial charge on any atom is 0.317 e. The Kier molecular flexibility index (Phi) is 5.53. The average Bonchev–Trinajstić information content (AvgIpc) is 3.49. The van der Waals surface area contributed by atoms with Crippen molar-refractivity contribution in [3.05, 3.63) is 60.2 Å². The van der Waals surface area contributed by atoms with E-state index in [4.69, 9.17) is 4.74 Å². The smallest absolute Gasteiger partial charge is 0.317 e.